The summed E-state index contributed by atoms with van der Waals surface area (Å²) in [5, 5.41) is 1.45. The first-order chi connectivity index (χ1) is 8.33. The second kappa shape index (κ2) is 5.80. The summed E-state index contributed by atoms with van der Waals surface area (Å²) in [5.41, 5.74) is 1.11. The van der Waals surface area contributed by atoms with E-state index in [1.54, 1.807) is 0 Å². The third kappa shape index (κ3) is 2.84. The number of hydrogen-bond acceptors (Lipinski definition) is 3. The Morgan fingerprint density at radius 2 is 2.06 bits per heavy atom. The zero-order chi connectivity index (χ0) is 12.1. The van der Waals surface area contributed by atoms with Crippen LogP contribution >= 0.6 is 0 Å². The number of rotatable bonds is 6. The van der Waals surface area contributed by atoms with E-state index in [1.165, 1.54) is 5.06 Å². The maximum absolute atomic E-state index is 11.4. The summed E-state index contributed by atoms with van der Waals surface area (Å²) in [4.78, 5) is 16.9. The molecule has 2 rings (SSSR count). The van der Waals surface area contributed by atoms with Crippen molar-refractivity contribution in [1.29, 1.82) is 0 Å². The van der Waals surface area contributed by atoms with Crippen LogP contribution in [0.4, 0.5) is 0 Å². The number of hydroxylamine groups is 2. The summed E-state index contributed by atoms with van der Waals surface area (Å²) in [7, 11) is 0. The molecule has 1 aromatic rings. The van der Waals surface area contributed by atoms with Crippen LogP contribution in [0.3, 0.4) is 0 Å². The minimum Gasteiger partial charge on any atom is -0.379 e. The first-order valence-electron chi connectivity index (χ1n) is 5.90. The molecule has 1 unspecified atom stereocenters. The van der Waals surface area contributed by atoms with Crippen molar-refractivity contribution in [1.82, 2.24) is 5.06 Å². The van der Waals surface area contributed by atoms with Crippen molar-refractivity contribution in [2.75, 3.05) is 19.8 Å². The van der Waals surface area contributed by atoms with Gasteiger partial charge in [0.25, 0.3) is 0 Å². The van der Waals surface area contributed by atoms with Crippen LogP contribution in [-0.4, -0.2) is 30.8 Å². The number of amides is 1. The molecule has 0 N–H and O–H groups in total. The fraction of sp³-hybridized carbons (Fsp3) is 0.462. The number of carbonyl (C=O) groups excluding carboxylic acids is 1. The topological polar surface area (TPSA) is 38.8 Å². The smallest absolute Gasteiger partial charge is 0.249 e. The molecule has 1 saturated heterocycles. The largest absolute Gasteiger partial charge is 0.379 e. The lowest BCUT2D eigenvalue weighted by Gasteiger charge is -2.39. The van der Waals surface area contributed by atoms with Gasteiger partial charge in [-0.1, -0.05) is 30.3 Å². The molecule has 1 aliphatic heterocycles. The molecule has 0 saturated carbocycles. The van der Waals surface area contributed by atoms with Gasteiger partial charge in [-0.25, -0.2) is 5.06 Å². The maximum atomic E-state index is 11.4. The quantitative estimate of drug-likeness (QED) is 0.558. The number of carbonyl (C=O) groups is 1. The van der Waals surface area contributed by atoms with Gasteiger partial charge in [-0.05, 0) is 12.5 Å². The molecule has 0 spiro atoms. The van der Waals surface area contributed by atoms with Crippen molar-refractivity contribution in [3.8, 4) is 0 Å². The van der Waals surface area contributed by atoms with Gasteiger partial charge in [0.2, 0.25) is 5.91 Å². The monoisotopic (exact) mass is 235 g/mol. The molecule has 1 amide bonds. The minimum absolute atomic E-state index is 0.0374. The summed E-state index contributed by atoms with van der Waals surface area (Å²) in [6, 6.07) is 9.98. The average Bonchev–Trinajstić information content (AvgIpc) is 2.36. The average molecular weight is 235 g/mol. The zero-order valence-corrected chi connectivity index (χ0v) is 9.96. The number of ether oxygens (including phenoxy) is 1. The Morgan fingerprint density at radius 1 is 1.29 bits per heavy atom. The van der Waals surface area contributed by atoms with Gasteiger partial charge in [-0.15, -0.1) is 0 Å². The standard InChI is InChI=1S/C13H17NO3/c1-2-16-8-9-17-14-12(10-13(14)15)11-6-4-3-5-7-11/h3-7,12H,2,8-10H2,1H3. The number of nitrogens with zero attached hydrogens (tertiary/aromatic N) is 1. The lowest BCUT2D eigenvalue weighted by Crippen LogP contribution is -2.46. The van der Waals surface area contributed by atoms with Crippen molar-refractivity contribution in [2.24, 2.45) is 0 Å². The fourth-order valence-electron chi connectivity index (χ4n) is 1.83. The molecule has 0 bridgehead atoms. The second-order valence-electron chi connectivity index (χ2n) is 3.88. The van der Waals surface area contributed by atoms with Gasteiger partial charge >= 0.3 is 0 Å². The van der Waals surface area contributed by atoms with E-state index in [2.05, 4.69) is 0 Å². The van der Waals surface area contributed by atoms with E-state index in [0.717, 1.165) is 5.56 Å². The molecule has 92 valence electrons. The summed E-state index contributed by atoms with van der Waals surface area (Å²) in [5.74, 6) is 0.0374. The van der Waals surface area contributed by atoms with E-state index in [0.29, 0.717) is 26.2 Å². The highest BCUT2D eigenvalue weighted by atomic mass is 16.7. The van der Waals surface area contributed by atoms with Crippen LogP contribution in [0.15, 0.2) is 30.3 Å². The minimum atomic E-state index is 0.0374. The Kier molecular flexibility index (Phi) is 4.12. The summed E-state index contributed by atoms with van der Waals surface area (Å²) in [6.45, 7) is 3.53. The molecule has 0 aromatic heterocycles. The van der Waals surface area contributed by atoms with E-state index >= 15 is 0 Å². The van der Waals surface area contributed by atoms with E-state index in [-0.39, 0.29) is 11.9 Å². The van der Waals surface area contributed by atoms with Crippen LogP contribution in [0, 0.1) is 0 Å². The van der Waals surface area contributed by atoms with Gasteiger partial charge in [-0.3, -0.25) is 9.63 Å². The lowest BCUT2D eigenvalue weighted by atomic mass is 9.97. The Labute approximate surface area is 101 Å². The predicted octanol–water partition coefficient (Wildman–Crippen LogP) is 1.93. The fourth-order valence-corrected chi connectivity index (χ4v) is 1.83. The Bertz CT molecular complexity index is 366. The van der Waals surface area contributed by atoms with Crippen molar-refractivity contribution in [3.05, 3.63) is 35.9 Å². The summed E-state index contributed by atoms with van der Waals surface area (Å²) in [6.07, 6.45) is 0.526. The highest BCUT2D eigenvalue weighted by Crippen LogP contribution is 2.34. The first kappa shape index (κ1) is 12.1. The molecule has 0 radical (unpaired) electrons. The zero-order valence-electron chi connectivity index (χ0n) is 9.96. The number of β-lactam (4-membered cyclic amide) rings is 1. The van der Waals surface area contributed by atoms with E-state index < -0.39 is 0 Å². The van der Waals surface area contributed by atoms with Crippen molar-refractivity contribution < 1.29 is 14.4 Å². The molecule has 1 aliphatic rings. The maximum Gasteiger partial charge on any atom is 0.249 e. The molecule has 1 fully saturated rings. The predicted molar refractivity (Wildman–Crippen MR) is 63.1 cm³/mol. The lowest BCUT2D eigenvalue weighted by molar-refractivity contribution is -0.233. The van der Waals surface area contributed by atoms with Crippen molar-refractivity contribution >= 4 is 5.91 Å². The highest BCUT2D eigenvalue weighted by Gasteiger charge is 2.38. The van der Waals surface area contributed by atoms with E-state index in [4.69, 9.17) is 9.57 Å². The second-order valence-corrected chi connectivity index (χ2v) is 3.88. The highest BCUT2D eigenvalue weighted by molar-refractivity contribution is 5.82. The third-order valence-corrected chi connectivity index (χ3v) is 2.74. The first-order valence-corrected chi connectivity index (χ1v) is 5.90. The Morgan fingerprint density at radius 3 is 2.71 bits per heavy atom. The van der Waals surface area contributed by atoms with Crippen LogP contribution in [0.1, 0.15) is 24.9 Å². The van der Waals surface area contributed by atoms with Gasteiger partial charge in [0.05, 0.1) is 25.7 Å². The van der Waals surface area contributed by atoms with Crippen LogP contribution in [0.2, 0.25) is 0 Å². The SMILES string of the molecule is CCOCCON1C(=O)CC1c1ccccc1. The molecule has 17 heavy (non-hydrogen) atoms. The molecule has 1 atom stereocenters. The molecular formula is C13H17NO3. The number of benzene rings is 1. The van der Waals surface area contributed by atoms with Gasteiger partial charge in [0, 0.05) is 6.61 Å². The molecule has 1 heterocycles. The van der Waals surface area contributed by atoms with Crippen LogP contribution in [0.5, 0.6) is 0 Å². The molecular weight excluding hydrogens is 218 g/mol. The van der Waals surface area contributed by atoms with Crippen molar-refractivity contribution in [2.45, 2.75) is 19.4 Å². The van der Waals surface area contributed by atoms with Crippen LogP contribution in [0.25, 0.3) is 0 Å². The summed E-state index contributed by atoms with van der Waals surface area (Å²) < 4.78 is 5.17. The van der Waals surface area contributed by atoms with Crippen LogP contribution < -0.4 is 0 Å². The molecule has 4 nitrogen and oxygen atoms in total. The molecule has 4 heteroatoms. The van der Waals surface area contributed by atoms with E-state index in [1.807, 2.05) is 37.3 Å². The third-order valence-electron chi connectivity index (χ3n) is 2.74. The normalized spacial score (nSPS) is 19.2. The van der Waals surface area contributed by atoms with Crippen LogP contribution in [-0.2, 0) is 14.4 Å². The van der Waals surface area contributed by atoms with Gasteiger partial charge < -0.3 is 4.74 Å². The number of hydrogen-bond donors (Lipinski definition) is 0. The molecule has 0 aliphatic carbocycles. The molecule has 1 aromatic carbocycles. The van der Waals surface area contributed by atoms with Gasteiger partial charge in [0.1, 0.15) is 0 Å². The summed E-state index contributed by atoms with van der Waals surface area (Å²) >= 11 is 0. The van der Waals surface area contributed by atoms with Gasteiger partial charge in [-0.2, -0.15) is 0 Å². The Balaban J connectivity index is 1.86. The van der Waals surface area contributed by atoms with Gasteiger partial charge in [0.15, 0.2) is 0 Å². The Hall–Kier alpha value is -1.39. The van der Waals surface area contributed by atoms with E-state index in [9.17, 15) is 4.79 Å². The van der Waals surface area contributed by atoms with Crippen molar-refractivity contribution in [3.63, 3.8) is 0 Å².